The molecule has 0 aliphatic carbocycles. The second kappa shape index (κ2) is 4.63. The summed E-state index contributed by atoms with van der Waals surface area (Å²) in [7, 11) is 0. The number of alkyl halides is 3. The minimum atomic E-state index is -1.82. The van der Waals surface area contributed by atoms with Crippen molar-refractivity contribution in [2.45, 2.75) is 29.5 Å². The van der Waals surface area contributed by atoms with Crippen molar-refractivity contribution in [1.82, 2.24) is 0 Å². The van der Waals surface area contributed by atoms with Crippen LogP contribution < -0.4 is 0 Å². The fourth-order valence-corrected chi connectivity index (χ4v) is 1.27. The zero-order chi connectivity index (χ0) is 11.7. The van der Waals surface area contributed by atoms with Crippen LogP contribution in [0.2, 0.25) is 0 Å². The third-order valence-electron chi connectivity index (χ3n) is 1.74. The molecule has 1 rings (SSSR count). The summed E-state index contributed by atoms with van der Waals surface area (Å²) < 4.78 is 13.9. The Labute approximate surface area is 103 Å². The molecule has 7 heteroatoms. The number of nitrogens with one attached hydrogen (secondary N) is 1. The molecule has 1 heterocycles. The molecular weight excluding hydrogens is 264 g/mol. The number of hydrogen-bond acceptors (Lipinski definition) is 4. The predicted octanol–water partition coefficient (Wildman–Crippen LogP) is 2.50. The van der Waals surface area contributed by atoms with Gasteiger partial charge in [0.15, 0.2) is 5.79 Å². The summed E-state index contributed by atoms with van der Waals surface area (Å²) in [4.78, 5) is 0. The fourth-order valence-electron chi connectivity index (χ4n) is 1.10. The van der Waals surface area contributed by atoms with Gasteiger partial charge in [0.2, 0.25) is 5.90 Å². The minimum absolute atomic E-state index is 0.135. The molecule has 1 fully saturated rings. The van der Waals surface area contributed by atoms with Gasteiger partial charge in [0.1, 0.15) is 12.7 Å². The van der Waals surface area contributed by atoms with E-state index in [1.165, 1.54) is 0 Å². The molecule has 0 saturated carbocycles. The van der Waals surface area contributed by atoms with Gasteiger partial charge in [0.25, 0.3) is 3.79 Å². The maximum absolute atomic E-state index is 7.29. The Bertz CT molecular complexity index is 252. The Morgan fingerprint density at radius 2 is 2.13 bits per heavy atom. The van der Waals surface area contributed by atoms with Crippen LogP contribution in [0, 0.1) is 5.41 Å². The predicted molar refractivity (Wildman–Crippen MR) is 58.9 cm³/mol. The number of halogens is 3. The molecule has 1 atom stereocenters. The molecule has 1 aliphatic rings. The second-order valence-corrected chi connectivity index (χ2v) is 5.87. The van der Waals surface area contributed by atoms with Crippen molar-refractivity contribution in [2.75, 3.05) is 13.2 Å². The van der Waals surface area contributed by atoms with Crippen LogP contribution in [0.3, 0.4) is 0 Å². The molecule has 1 N–H and O–H groups in total. The van der Waals surface area contributed by atoms with E-state index >= 15 is 0 Å². The first-order chi connectivity index (χ1) is 6.71. The molecule has 88 valence electrons. The normalized spacial score (nSPS) is 25.3. The third kappa shape index (κ3) is 4.33. The molecule has 0 radical (unpaired) electrons. The molecule has 0 aromatic carbocycles. The first-order valence-corrected chi connectivity index (χ1v) is 5.44. The van der Waals surface area contributed by atoms with E-state index in [0.717, 1.165) is 0 Å². The van der Waals surface area contributed by atoms with Crippen molar-refractivity contribution in [3.05, 3.63) is 0 Å². The Morgan fingerprint density at radius 1 is 1.53 bits per heavy atom. The topological polar surface area (TPSA) is 51.5 Å². The third-order valence-corrected chi connectivity index (χ3v) is 2.25. The Balaban J connectivity index is 2.31. The summed E-state index contributed by atoms with van der Waals surface area (Å²) in [6.07, 6.45) is -0.243. The lowest BCUT2D eigenvalue weighted by atomic mass is 10.4. The first-order valence-electron chi connectivity index (χ1n) is 4.31. The summed E-state index contributed by atoms with van der Waals surface area (Å²) in [6, 6.07) is 0. The molecule has 0 spiro atoms. The Hall–Kier alpha value is 0.260. The Morgan fingerprint density at radius 3 is 2.53 bits per heavy atom. The van der Waals surface area contributed by atoms with Crippen LogP contribution in [0.4, 0.5) is 0 Å². The monoisotopic (exact) mass is 275 g/mol. The van der Waals surface area contributed by atoms with Crippen LogP contribution in [-0.4, -0.2) is 34.8 Å². The quantitative estimate of drug-likeness (QED) is 0.479. The zero-order valence-electron chi connectivity index (χ0n) is 8.35. The molecule has 4 nitrogen and oxygen atoms in total. The second-order valence-electron chi connectivity index (χ2n) is 3.59. The van der Waals surface area contributed by atoms with Crippen LogP contribution in [0.25, 0.3) is 0 Å². The molecule has 15 heavy (non-hydrogen) atoms. The van der Waals surface area contributed by atoms with Gasteiger partial charge in [-0.05, 0) is 13.8 Å². The van der Waals surface area contributed by atoms with Gasteiger partial charge < -0.3 is 14.2 Å². The summed E-state index contributed by atoms with van der Waals surface area (Å²) >= 11 is 16.3. The van der Waals surface area contributed by atoms with Crippen LogP contribution in [0.15, 0.2) is 0 Å². The number of hydrogen-bond donors (Lipinski definition) is 1. The molecule has 0 bridgehead atoms. The lowest BCUT2D eigenvalue weighted by Crippen LogP contribution is -2.28. The van der Waals surface area contributed by atoms with Crippen molar-refractivity contribution < 1.29 is 14.2 Å². The van der Waals surface area contributed by atoms with Gasteiger partial charge >= 0.3 is 0 Å². The van der Waals surface area contributed by atoms with Crippen molar-refractivity contribution in [2.24, 2.45) is 0 Å². The summed E-state index contributed by atoms with van der Waals surface area (Å²) in [5, 5.41) is 7.29. The Kier molecular flexibility index (Phi) is 4.12. The van der Waals surface area contributed by atoms with E-state index < -0.39 is 15.5 Å². The maximum Gasteiger partial charge on any atom is 0.265 e. The van der Waals surface area contributed by atoms with Crippen molar-refractivity contribution in [3.63, 3.8) is 0 Å². The van der Waals surface area contributed by atoms with Gasteiger partial charge in [-0.3, -0.25) is 5.41 Å². The highest BCUT2D eigenvalue weighted by Gasteiger charge is 2.35. The maximum atomic E-state index is 7.29. The first kappa shape index (κ1) is 13.3. The molecule has 1 saturated heterocycles. The molecular formula is C8H12Cl3NO3. The number of rotatable bonds is 2. The molecule has 0 amide bonds. The molecule has 0 aromatic heterocycles. The number of ether oxygens (including phenoxy) is 3. The molecule has 0 aromatic rings. The largest absolute Gasteiger partial charge is 0.475 e. The summed E-state index contributed by atoms with van der Waals surface area (Å²) in [5.74, 6) is -1.03. The van der Waals surface area contributed by atoms with Crippen molar-refractivity contribution in [1.29, 1.82) is 5.41 Å². The van der Waals surface area contributed by atoms with Crippen molar-refractivity contribution in [3.8, 4) is 0 Å². The van der Waals surface area contributed by atoms with Gasteiger partial charge in [-0.1, -0.05) is 34.8 Å². The molecule has 1 aliphatic heterocycles. The highest BCUT2D eigenvalue weighted by atomic mass is 35.6. The smallest absolute Gasteiger partial charge is 0.265 e. The lowest BCUT2D eigenvalue weighted by molar-refractivity contribution is -0.141. The average molecular weight is 277 g/mol. The molecule has 0 unspecified atom stereocenters. The highest BCUT2D eigenvalue weighted by Crippen LogP contribution is 2.28. The van der Waals surface area contributed by atoms with Gasteiger partial charge in [0.05, 0.1) is 6.61 Å². The van der Waals surface area contributed by atoms with E-state index in [-0.39, 0.29) is 12.7 Å². The van der Waals surface area contributed by atoms with E-state index in [1.807, 2.05) is 0 Å². The van der Waals surface area contributed by atoms with Gasteiger partial charge in [0, 0.05) is 0 Å². The fraction of sp³-hybridized carbons (Fsp3) is 0.875. The zero-order valence-corrected chi connectivity index (χ0v) is 10.6. The summed E-state index contributed by atoms with van der Waals surface area (Å²) in [6.45, 7) is 4.14. The van der Waals surface area contributed by atoms with E-state index in [4.69, 9.17) is 54.4 Å². The average Bonchev–Trinajstić information content (AvgIpc) is 2.39. The summed E-state index contributed by atoms with van der Waals surface area (Å²) in [5.41, 5.74) is 0. The van der Waals surface area contributed by atoms with Gasteiger partial charge in [-0.2, -0.15) is 0 Å². The standard InChI is InChI=1S/C8H12Cl3NO3/c1-7(2)14-4-5(15-7)3-13-6(12)8(9,10)11/h5,12H,3-4H2,1-2H3/t5-/m0/s1. The van der Waals surface area contributed by atoms with Crippen LogP contribution in [0.1, 0.15) is 13.8 Å². The van der Waals surface area contributed by atoms with E-state index in [0.29, 0.717) is 6.61 Å². The SMILES string of the molecule is CC1(C)OC[C@H](COC(=N)C(Cl)(Cl)Cl)O1. The van der Waals surface area contributed by atoms with Crippen LogP contribution in [0.5, 0.6) is 0 Å². The van der Waals surface area contributed by atoms with Crippen LogP contribution in [-0.2, 0) is 14.2 Å². The van der Waals surface area contributed by atoms with Crippen molar-refractivity contribution >= 4 is 40.7 Å². The van der Waals surface area contributed by atoms with Gasteiger partial charge in [-0.15, -0.1) is 0 Å². The van der Waals surface area contributed by atoms with Gasteiger partial charge in [-0.25, -0.2) is 0 Å². The highest BCUT2D eigenvalue weighted by molar-refractivity contribution is 6.76. The van der Waals surface area contributed by atoms with E-state index in [9.17, 15) is 0 Å². The lowest BCUT2D eigenvalue weighted by Gasteiger charge is -2.18. The van der Waals surface area contributed by atoms with E-state index in [1.54, 1.807) is 13.8 Å². The minimum Gasteiger partial charge on any atom is -0.475 e. The van der Waals surface area contributed by atoms with Crippen LogP contribution >= 0.6 is 34.8 Å². The van der Waals surface area contributed by atoms with E-state index in [2.05, 4.69) is 0 Å².